The zero-order chi connectivity index (χ0) is 17.2. The third-order valence-electron chi connectivity index (χ3n) is 4.22. The third kappa shape index (κ3) is 3.28. The number of aromatic nitrogens is 6. The molecule has 0 radical (unpaired) electrons. The van der Waals surface area contributed by atoms with Gasteiger partial charge >= 0.3 is 0 Å². The average molecular weight is 336 g/mol. The Bertz CT molecular complexity index is 853. The fraction of sp³-hybridized carbons (Fsp3) is 0.353. The first kappa shape index (κ1) is 15.5. The highest BCUT2D eigenvalue weighted by atomic mass is 15.3. The van der Waals surface area contributed by atoms with Gasteiger partial charge in [0.1, 0.15) is 17.5 Å². The van der Waals surface area contributed by atoms with E-state index in [2.05, 4.69) is 34.8 Å². The van der Waals surface area contributed by atoms with Gasteiger partial charge in [0.25, 0.3) is 0 Å². The van der Waals surface area contributed by atoms with Gasteiger partial charge in [-0.3, -0.25) is 4.98 Å². The van der Waals surface area contributed by atoms with E-state index in [9.17, 15) is 0 Å². The van der Waals surface area contributed by atoms with Crippen LogP contribution in [0, 0.1) is 13.8 Å². The van der Waals surface area contributed by atoms with Crippen LogP contribution in [0.2, 0.25) is 0 Å². The maximum Gasteiger partial charge on any atom is 0.159 e. The standard InChI is InChI=1S/C17H20N8/c1-13-11-18-12-17(20-13)24-8-6-23(7-9-24)15-10-16(22-14(2)21-15)25-5-3-4-19-25/h3-5,10-12H,6-9H2,1-2H3. The largest absolute Gasteiger partial charge is 0.353 e. The molecule has 25 heavy (non-hydrogen) atoms. The van der Waals surface area contributed by atoms with Crippen molar-refractivity contribution in [3.8, 4) is 5.82 Å². The van der Waals surface area contributed by atoms with Crippen molar-refractivity contribution in [1.29, 1.82) is 0 Å². The summed E-state index contributed by atoms with van der Waals surface area (Å²) in [6.07, 6.45) is 7.24. The number of rotatable bonds is 3. The van der Waals surface area contributed by atoms with Crippen LogP contribution in [-0.2, 0) is 0 Å². The molecule has 0 bridgehead atoms. The minimum absolute atomic E-state index is 0.745. The Morgan fingerprint density at radius 1 is 0.840 bits per heavy atom. The summed E-state index contributed by atoms with van der Waals surface area (Å²) < 4.78 is 1.76. The lowest BCUT2D eigenvalue weighted by atomic mass is 10.3. The van der Waals surface area contributed by atoms with Crippen LogP contribution in [0.5, 0.6) is 0 Å². The number of anilines is 2. The molecule has 4 heterocycles. The van der Waals surface area contributed by atoms with E-state index in [-0.39, 0.29) is 0 Å². The van der Waals surface area contributed by atoms with Gasteiger partial charge in [-0.25, -0.2) is 19.6 Å². The zero-order valence-electron chi connectivity index (χ0n) is 14.4. The van der Waals surface area contributed by atoms with Gasteiger partial charge in [0, 0.05) is 50.8 Å². The summed E-state index contributed by atoms with van der Waals surface area (Å²) in [7, 11) is 0. The molecular formula is C17H20N8. The monoisotopic (exact) mass is 336 g/mol. The second-order valence-electron chi connectivity index (χ2n) is 6.07. The average Bonchev–Trinajstić information content (AvgIpc) is 3.16. The van der Waals surface area contributed by atoms with Crippen LogP contribution < -0.4 is 9.80 Å². The highest BCUT2D eigenvalue weighted by Crippen LogP contribution is 2.19. The molecule has 1 fully saturated rings. The summed E-state index contributed by atoms with van der Waals surface area (Å²) in [6, 6.07) is 3.88. The van der Waals surface area contributed by atoms with Gasteiger partial charge in [-0.2, -0.15) is 5.10 Å². The molecule has 0 N–H and O–H groups in total. The fourth-order valence-corrected chi connectivity index (χ4v) is 2.99. The minimum Gasteiger partial charge on any atom is -0.353 e. The van der Waals surface area contributed by atoms with Crippen LogP contribution in [0.1, 0.15) is 11.5 Å². The van der Waals surface area contributed by atoms with E-state index in [0.29, 0.717) is 0 Å². The van der Waals surface area contributed by atoms with Crippen molar-refractivity contribution in [2.45, 2.75) is 13.8 Å². The van der Waals surface area contributed by atoms with Crippen LogP contribution in [0.3, 0.4) is 0 Å². The van der Waals surface area contributed by atoms with Crippen molar-refractivity contribution in [2.24, 2.45) is 0 Å². The molecule has 8 heteroatoms. The second-order valence-corrected chi connectivity index (χ2v) is 6.07. The van der Waals surface area contributed by atoms with Gasteiger partial charge in [-0.05, 0) is 19.9 Å². The number of hydrogen-bond donors (Lipinski definition) is 0. The summed E-state index contributed by atoms with van der Waals surface area (Å²) in [5.74, 6) is 3.41. The van der Waals surface area contributed by atoms with Crippen LogP contribution in [-0.4, -0.2) is 55.9 Å². The SMILES string of the molecule is Cc1cncc(N2CCN(c3cc(-n4cccn4)nc(C)n3)CC2)n1. The summed E-state index contributed by atoms with van der Waals surface area (Å²) in [5.41, 5.74) is 0.940. The molecule has 0 unspecified atom stereocenters. The zero-order valence-corrected chi connectivity index (χ0v) is 14.4. The number of hydrogen-bond acceptors (Lipinski definition) is 7. The highest BCUT2D eigenvalue weighted by Gasteiger charge is 2.20. The number of nitrogens with zero attached hydrogens (tertiary/aromatic N) is 8. The lowest BCUT2D eigenvalue weighted by Crippen LogP contribution is -2.47. The molecule has 3 aromatic rings. The van der Waals surface area contributed by atoms with Crippen LogP contribution >= 0.6 is 0 Å². The van der Waals surface area contributed by atoms with Gasteiger partial charge < -0.3 is 9.80 Å². The van der Waals surface area contributed by atoms with Crippen molar-refractivity contribution in [3.63, 3.8) is 0 Å². The Hall–Kier alpha value is -3.03. The Labute approximate surface area is 146 Å². The maximum atomic E-state index is 4.61. The van der Waals surface area contributed by atoms with Crippen LogP contribution in [0.15, 0.2) is 36.9 Å². The van der Waals surface area contributed by atoms with E-state index in [0.717, 1.165) is 55.2 Å². The van der Waals surface area contributed by atoms with Crippen molar-refractivity contribution < 1.29 is 0 Å². The first-order valence-electron chi connectivity index (χ1n) is 8.33. The first-order chi connectivity index (χ1) is 12.2. The molecule has 4 rings (SSSR count). The normalized spacial score (nSPS) is 14.8. The molecule has 128 valence electrons. The van der Waals surface area contributed by atoms with E-state index in [1.165, 1.54) is 0 Å². The van der Waals surface area contributed by atoms with Gasteiger partial charge in [-0.1, -0.05) is 0 Å². The van der Waals surface area contributed by atoms with Crippen LogP contribution in [0.4, 0.5) is 11.6 Å². The predicted molar refractivity (Wildman–Crippen MR) is 95.1 cm³/mol. The van der Waals surface area contributed by atoms with Gasteiger partial charge in [-0.15, -0.1) is 0 Å². The predicted octanol–water partition coefficient (Wildman–Crippen LogP) is 1.40. The summed E-state index contributed by atoms with van der Waals surface area (Å²) in [4.78, 5) is 22.4. The van der Waals surface area contributed by atoms with Crippen molar-refractivity contribution in [1.82, 2.24) is 29.7 Å². The summed E-state index contributed by atoms with van der Waals surface area (Å²) >= 11 is 0. The molecule has 0 saturated carbocycles. The Balaban J connectivity index is 1.51. The lowest BCUT2D eigenvalue weighted by molar-refractivity contribution is 0.637. The molecule has 3 aromatic heterocycles. The number of aryl methyl sites for hydroxylation is 2. The molecule has 0 spiro atoms. The quantitative estimate of drug-likeness (QED) is 0.715. The Kier molecular flexibility index (Phi) is 4.01. The number of piperazine rings is 1. The Morgan fingerprint density at radius 3 is 2.24 bits per heavy atom. The van der Waals surface area contributed by atoms with E-state index in [1.54, 1.807) is 17.1 Å². The van der Waals surface area contributed by atoms with E-state index >= 15 is 0 Å². The minimum atomic E-state index is 0.745. The smallest absolute Gasteiger partial charge is 0.159 e. The molecule has 0 atom stereocenters. The van der Waals surface area contributed by atoms with Crippen molar-refractivity contribution in [2.75, 3.05) is 36.0 Å². The van der Waals surface area contributed by atoms with Crippen molar-refractivity contribution >= 4 is 11.6 Å². The van der Waals surface area contributed by atoms with Crippen molar-refractivity contribution in [3.05, 3.63) is 48.4 Å². The first-order valence-corrected chi connectivity index (χ1v) is 8.33. The molecule has 1 saturated heterocycles. The van der Waals surface area contributed by atoms with Gasteiger partial charge in [0.05, 0.1) is 11.9 Å². The van der Waals surface area contributed by atoms with E-state index in [1.807, 2.05) is 38.4 Å². The molecule has 1 aliphatic rings. The van der Waals surface area contributed by atoms with E-state index in [4.69, 9.17) is 0 Å². The van der Waals surface area contributed by atoms with Crippen LogP contribution in [0.25, 0.3) is 5.82 Å². The second kappa shape index (κ2) is 6.46. The topological polar surface area (TPSA) is 75.9 Å². The molecule has 0 aromatic carbocycles. The third-order valence-corrected chi connectivity index (χ3v) is 4.22. The summed E-state index contributed by atoms with van der Waals surface area (Å²) in [5, 5.41) is 4.26. The maximum absolute atomic E-state index is 4.61. The fourth-order valence-electron chi connectivity index (χ4n) is 2.99. The lowest BCUT2D eigenvalue weighted by Gasteiger charge is -2.36. The highest BCUT2D eigenvalue weighted by molar-refractivity contribution is 5.47. The Morgan fingerprint density at radius 2 is 1.56 bits per heavy atom. The molecule has 0 aliphatic carbocycles. The molecule has 0 amide bonds. The van der Waals surface area contributed by atoms with Gasteiger partial charge in [0.2, 0.25) is 0 Å². The molecule has 1 aliphatic heterocycles. The van der Waals surface area contributed by atoms with E-state index < -0.39 is 0 Å². The summed E-state index contributed by atoms with van der Waals surface area (Å²) in [6.45, 7) is 7.41. The molecular weight excluding hydrogens is 316 g/mol. The van der Waals surface area contributed by atoms with Gasteiger partial charge in [0.15, 0.2) is 5.82 Å². The molecule has 8 nitrogen and oxygen atoms in total.